The Hall–Kier alpha value is -2.94. The van der Waals surface area contributed by atoms with E-state index in [-0.39, 0.29) is 29.2 Å². The van der Waals surface area contributed by atoms with Crippen LogP contribution in [0.3, 0.4) is 0 Å². The molecule has 0 spiro atoms. The van der Waals surface area contributed by atoms with Crippen molar-refractivity contribution in [1.82, 2.24) is 24.1 Å². The molecule has 0 N–H and O–H groups in total. The van der Waals surface area contributed by atoms with Crippen molar-refractivity contribution in [2.24, 2.45) is 0 Å². The summed E-state index contributed by atoms with van der Waals surface area (Å²) in [6.45, 7) is 6.15. The van der Waals surface area contributed by atoms with Gasteiger partial charge in [0.25, 0.3) is 11.5 Å². The maximum atomic E-state index is 13.1. The number of likely N-dealkylation sites (tertiary alicyclic amines) is 1. The normalized spacial score (nSPS) is 20.4. The molecule has 160 valence electrons. The van der Waals surface area contributed by atoms with Gasteiger partial charge in [-0.05, 0) is 31.9 Å². The Morgan fingerprint density at radius 1 is 1.13 bits per heavy atom. The number of carbonyl (C=O) groups excluding carboxylic acids is 2. The number of fused-ring (bicyclic) bond motifs is 1. The van der Waals surface area contributed by atoms with Crippen LogP contribution in [-0.2, 0) is 4.74 Å². The predicted molar refractivity (Wildman–Crippen MR) is 111 cm³/mol. The molecule has 0 bridgehead atoms. The van der Waals surface area contributed by atoms with E-state index in [9.17, 15) is 14.4 Å². The van der Waals surface area contributed by atoms with E-state index in [1.54, 1.807) is 41.1 Å². The standard InChI is InChI=1S/C21H27N5O4/c1-2-30-21(29)24-12-10-23(11-13-24)16-6-5-8-25(15-16)19(27)17-14-22-18-7-3-4-9-26(18)20(17)28/h3-4,7,9,14,16H,2,5-6,8,10-13,15H2,1H3. The average Bonchev–Trinajstić information content (AvgIpc) is 2.79. The fourth-order valence-corrected chi connectivity index (χ4v) is 4.27. The number of hydrogen-bond acceptors (Lipinski definition) is 6. The third-order valence-corrected chi connectivity index (χ3v) is 5.88. The van der Waals surface area contributed by atoms with E-state index in [2.05, 4.69) is 9.88 Å². The number of pyridine rings is 1. The van der Waals surface area contributed by atoms with Crippen LogP contribution in [0.25, 0.3) is 5.65 Å². The molecule has 2 aromatic heterocycles. The van der Waals surface area contributed by atoms with E-state index in [1.807, 2.05) is 0 Å². The summed E-state index contributed by atoms with van der Waals surface area (Å²) in [6.07, 6.45) is 4.64. The summed E-state index contributed by atoms with van der Waals surface area (Å²) in [7, 11) is 0. The summed E-state index contributed by atoms with van der Waals surface area (Å²) in [4.78, 5) is 47.8. The topological polar surface area (TPSA) is 87.5 Å². The van der Waals surface area contributed by atoms with Crippen LogP contribution in [0.4, 0.5) is 4.79 Å². The molecular weight excluding hydrogens is 386 g/mol. The molecule has 9 heteroatoms. The summed E-state index contributed by atoms with van der Waals surface area (Å²) >= 11 is 0. The molecule has 1 atom stereocenters. The zero-order valence-corrected chi connectivity index (χ0v) is 17.2. The fourth-order valence-electron chi connectivity index (χ4n) is 4.27. The van der Waals surface area contributed by atoms with Crippen LogP contribution in [0.1, 0.15) is 30.1 Å². The van der Waals surface area contributed by atoms with Gasteiger partial charge in [-0.25, -0.2) is 9.78 Å². The molecule has 0 radical (unpaired) electrons. The largest absolute Gasteiger partial charge is 0.450 e. The molecule has 2 fully saturated rings. The highest BCUT2D eigenvalue weighted by Gasteiger charge is 2.32. The minimum absolute atomic E-state index is 0.103. The van der Waals surface area contributed by atoms with Gasteiger partial charge in [0.1, 0.15) is 11.2 Å². The second kappa shape index (κ2) is 8.83. The summed E-state index contributed by atoms with van der Waals surface area (Å²) in [5, 5.41) is 0. The van der Waals surface area contributed by atoms with Crippen molar-refractivity contribution in [3.8, 4) is 0 Å². The zero-order chi connectivity index (χ0) is 21.1. The van der Waals surface area contributed by atoms with Crippen LogP contribution in [0.15, 0.2) is 35.4 Å². The lowest BCUT2D eigenvalue weighted by Gasteiger charge is -2.43. The van der Waals surface area contributed by atoms with Crippen LogP contribution in [-0.4, -0.2) is 88.0 Å². The van der Waals surface area contributed by atoms with Crippen LogP contribution in [0.2, 0.25) is 0 Å². The Bertz CT molecular complexity index is 983. The first-order valence-electron chi connectivity index (χ1n) is 10.5. The van der Waals surface area contributed by atoms with Crippen molar-refractivity contribution in [2.45, 2.75) is 25.8 Å². The first-order chi connectivity index (χ1) is 14.6. The van der Waals surface area contributed by atoms with E-state index in [0.29, 0.717) is 38.4 Å². The molecule has 9 nitrogen and oxygen atoms in total. The molecule has 2 aromatic rings. The monoisotopic (exact) mass is 413 g/mol. The number of piperazine rings is 1. The number of amides is 2. The predicted octanol–water partition coefficient (Wildman–Crippen LogP) is 1.07. The van der Waals surface area contributed by atoms with Gasteiger partial charge in [-0.15, -0.1) is 0 Å². The van der Waals surface area contributed by atoms with Gasteiger partial charge in [0.2, 0.25) is 0 Å². The highest BCUT2D eigenvalue weighted by Crippen LogP contribution is 2.19. The average molecular weight is 413 g/mol. The van der Waals surface area contributed by atoms with Gasteiger partial charge in [-0.1, -0.05) is 6.07 Å². The number of nitrogens with zero attached hydrogens (tertiary/aromatic N) is 5. The van der Waals surface area contributed by atoms with Crippen LogP contribution in [0, 0.1) is 0 Å². The molecule has 0 saturated carbocycles. The van der Waals surface area contributed by atoms with Gasteiger partial charge in [0.05, 0.1) is 6.61 Å². The first-order valence-corrected chi connectivity index (χ1v) is 10.5. The molecule has 2 amide bonds. The van der Waals surface area contributed by atoms with Crippen LogP contribution < -0.4 is 5.56 Å². The van der Waals surface area contributed by atoms with Gasteiger partial charge in [-0.2, -0.15) is 0 Å². The van der Waals surface area contributed by atoms with E-state index >= 15 is 0 Å². The van der Waals surface area contributed by atoms with Crippen molar-refractivity contribution in [3.63, 3.8) is 0 Å². The third-order valence-electron chi connectivity index (χ3n) is 5.88. The lowest BCUT2D eigenvalue weighted by molar-refractivity contribution is 0.0377. The molecule has 0 aromatic carbocycles. The van der Waals surface area contributed by atoms with Gasteiger partial charge >= 0.3 is 6.09 Å². The second-order valence-electron chi connectivity index (χ2n) is 7.68. The maximum Gasteiger partial charge on any atom is 0.409 e. The van der Waals surface area contributed by atoms with Gasteiger partial charge in [0, 0.05) is 57.7 Å². The number of ether oxygens (including phenoxy) is 1. The molecule has 2 aliphatic rings. The molecule has 2 saturated heterocycles. The summed E-state index contributed by atoms with van der Waals surface area (Å²) in [5.41, 5.74) is 0.289. The molecule has 2 aliphatic heterocycles. The smallest absolute Gasteiger partial charge is 0.409 e. The highest BCUT2D eigenvalue weighted by atomic mass is 16.6. The van der Waals surface area contributed by atoms with Crippen molar-refractivity contribution in [3.05, 3.63) is 46.5 Å². The third kappa shape index (κ3) is 4.02. The van der Waals surface area contributed by atoms with Crippen molar-refractivity contribution >= 4 is 17.6 Å². The summed E-state index contributed by atoms with van der Waals surface area (Å²) < 4.78 is 6.49. The highest BCUT2D eigenvalue weighted by molar-refractivity contribution is 5.93. The minimum atomic E-state index is -0.337. The van der Waals surface area contributed by atoms with Gasteiger partial charge < -0.3 is 14.5 Å². The lowest BCUT2D eigenvalue weighted by atomic mass is 10.0. The lowest BCUT2D eigenvalue weighted by Crippen LogP contribution is -2.56. The number of piperidine rings is 1. The Morgan fingerprint density at radius 3 is 2.70 bits per heavy atom. The SMILES string of the molecule is CCOC(=O)N1CCN(C2CCCN(C(=O)c3cnc4ccccn4c3=O)C2)CC1. The van der Waals surface area contributed by atoms with Crippen LogP contribution in [0.5, 0.6) is 0 Å². The second-order valence-corrected chi connectivity index (χ2v) is 7.68. The molecule has 4 rings (SSSR count). The number of carbonyl (C=O) groups is 2. The van der Waals surface area contributed by atoms with E-state index in [4.69, 9.17) is 4.74 Å². The minimum Gasteiger partial charge on any atom is -0.450 e. The van der Waals surface area contributed by atoms with Gasteiger partial charge in [-0.3, -0.25) is 18.9 Å². The maximum absolute atomic E-state index is 13.1. The zero-order valence-electron chi connectivity index (χ0n) is 17.2. The summed E-state index contributed by atoms with van der Waals surface area (Å²) in [5.74, 6) is -0.263. The first kappa shape index (κ1) is 20.3. The Labute approximate surface area is 174 Å². The molecule has 4 heterocycles. The van der Waals surface area contributed by atoms with E-state index in [1.165, 1.54) is 10.6 Å². The Kier molecular flexibility index (Phi) is 5.98. The Balaban J connectivity index is 1.42. The van der Waals surface area contributed by atoms with Crippen molar-refractivity contribution < 1.29 is 14.3 Å². The molecule has 30 heavy (non-hydrogen) atoms. The molecule has 1 unspecified atom stereocenters. The molecular formula is C21H27N5O4. The fraction of sp³-hybridized carbons (Fsp3) is 0.524. The quantitative estimate of drug-likeness (QED) is 0.748. The van der Waals surface area contributed by atoms with Crippen molar-refractivity contribution in [1.29, 1.82) is 0 Å². The van der Waals surface area contributed by atoms with E-state index in [0.717, 1.165) is 25.9 Å². The summed E-state index contributed by atoms with van der Waals surface area (Å²) in [6, 6.07) is 5.52. The van der Waals surface area contributed by atoms with Crippen molar-refractivity contribution in [2.75, 3.05) is 45.9 Å². The number of aromatic nitrogens is 2. The Morgan fingerprint density at radius 2 is 1.93 bits per heavy atom. The van der Waals surface area contributed by atoms with Crippen LogP contribution >= 0.6 is 0 Å². The van der Waals surface area contributed by atoms with Gasteiger partial charge in [0.15, 0.2) is 0 Å². The number of rotatable bonds is 3. The number of hydrogen-bond donors (Lipinski definition) is 0. The van der Waals surface area contributed by atoms with E-state index < -0.39 is 0 Å². The molecule has 0 aliphatic carbocycles.